The molecule has 0 saturated carbocycles. The van der Waals surface area contributed by atoms with Gasteiger partial charge >= 0.3 is 0 Å². The van der Waals surface area contributed by atoms with E-state index in [0.717, 1.165) is 58.4 Å². The average Bonchev–Trinajstić information content (AvgIpc) is 3.14. The summed E-state index contributed by atoms with van der Waals surface area (Å²) in [5.41, 5.74) is 1.33. The van der Waals surface area contributed by atoms with E-state index < -0.39 is 20.6 Å². The van der Waals surface area contributed by atoms with Crippen molar-refractivity contribution in [2.45, 2.75) is 105 Å². The van der Waals surface area contributed by atoms with Gasteiger partial charge in [0.15, 0.2) is 0 Å². The van der Waals surface area contributed by atoms with E-state index in [2.05, 4.69) is 26.6 Å². The van der Waals surface area contributed by atoms with Crippen molar-refractivity contribution in [2.75, 3.05) is 70.2 Å². The van der Waals surface area contributed by atoms with E-state index in [1.807, 2.05) is 12.1 Å². The first-order valence-corrected chi connectivity index (χ1v) is 21.9. The minimum atomic E-state index is -3.92. The zero-order valence-corrected chi connectivity index (χ0v) is 31.9. The number of pyridine rings is 1. The topological polar surface area (TPSA) is 103 Å². The molecule has 1 N–H and O–H groups in total. The van der Waals surface area contributed by atoms with Gasteiger partial charge in [-0.1, -0.05) is 64.7 Å². The summed E-state index contributed by atoms with van der Waals surface area (Å²) < 4.78 is 47.1. The molecule has 3 heterocycles. The van der Waals surface area contributed by atoms with Crippen molar-refractivity contribution in [3.63, 3.8) is 0 Å². The van der Waals surface area contributed by atoms with Crippen LogP contribution in [0.5, 0.6) is 5.75 Å². The van der Waals surface area contributed by atoms with Crippen molar-refractivity contribution in [1.82, 2.24) is 14.8 Å². The molecule has 2 aliphatic rings. The molecule has 2 aliphatic heterocycles. The average molecular weight is 727 g/mol. The lowest BCUT2D eigenvalue weighted by Gasteiger charge is -2.43. The molecular formula is C39H58N4O5S2. The van der Waals surface area contributed by atoms with Crippen molar-refractivity contribution in [1.29, 1.82) is 0 Å². The maximum Gasteiger partial charge on any atom is 0.210 e. The maximum atomic E-state index is 14.3. The molecule has 0 aliphatic carbocycles. The molecule has 1 unspecified atom stereocenters. The second kappa shape index (κ2) is 19.3. The number of piperidine rings is 1. The summed E-state index contributed by atoms with van der Waals surface area (Å²) in [7, 11) is -5.15. The Bertz CT molecular complexity index is 1620. The van der Waals surface area contributed by atoms with Crippen LogP contribution in [-0.4, -0.2) is 104 Å². The van der Waals surface area contributed by atoms with Crippen LogP contribution in [0, 0.1) is 0 Å². The fraction of sp³-hybridized carbons (Fsp3) is 0.615. The first-order chi connectivity index (χ1) is 24.3. The van der Waals surface area contributed by atoms with Crippen LogP contribution < -0.4 is 9.64 Å². The van der Waals surface area contributed by atoms with E-state index in [0.29, 0.717) is 53.0 Å². The lowest BCUT2D eigenvalue weighted by molar-refractivity contribution is 0.0747. The van der Waals surface area contributed by atoms with Gasteiger partial charge < -0.3 is 14.7 Å². The number of nitrogens with zero attached hydrogens (tertiary/aromatic N) is 4. The van der Waals surface area contributed by atoms with Crippen molar-refractivity contribution in [3.05, 3.63) is 48.7 Å². The summed E-state index contributed by atoms with van der Waals surface area (Å²) in [6, 6.07) is 12.7. The first-order valence-electron chi connectivity index (χ1n) is 18.9. The molecule has 2 fully saturated rings. The van der Waals surface area contributed by atoms with Crippen LogP contribution >= 0.6 is 0 Å². The van der Waals surface area contributed by atoms with Crippen molar-refractivity contribution in [2.24, 2.45) is 0 Å². The summed E-state index contributed by atoms with van der Waals surface area (Å²) in [6.07, 6.45) is 17.6. The Morgan fingerprint density at radius 2 is 1.50 bits per heavy atom. The molecular weight excluding hydrogens is 669 g/mol. The Morgan fingerprint density at radius 3 is 2.12 bits per heavy atom. The number of ether oxygens (including phenoxy) is 1. The predicted octanol–water partition coefficient (Wildman–Crippen LogP) is 6.68. The molecule has 2 saturated heterocycles. The van der Waals surface area contributed by atoms with E-state index in [-0.39, 0.29) is 16.4 Å². The first kappa shape index (κ1) is 38.7. The minimum Gasteiger partial charge on any atom is -0.494 e. The van der Waals surface area contributed by atoms with Gasteiger partial charge in [-0.05, 0) is 61.7 Å². The van der Waals surface area contributed by atoms with Crippen LogP contribution in [0.3, 0.4) is 0 Å². The molecule has 9 nitrogen and oxygen atoms in total. The van der Waals surface area contributed by atoms with E-state index >= 15 is 0 Å². The molecule has 0 bridgehead atoms. The van der Waals surface area contributed by atoms with Crippen LogP contribution in [-0.2, 0) is 20.6 Å². The molecule has 5 rings (SSSR count). The molecule has 276 valence electrons. The fourth-order valence-corrected chi connectivity index (χ4v) is 9.39. The smallest absolute Gasteiger partial charge is 0.210 e. The number of piperazine rings is 1. The Balaban J connectivity index is 1.25. The number of aliphatic hydroxyl groups is 1. The molecule has 11 heteroatoms. The van der Waals surface area contributed by atoms with Crippen LogP contribution in [0.2, 0.25) is 0 Å². The second-order valence-electron chi connectivity index (χ2n) is 13.9. The number of fused-ring (bicyclic) bond motifs is 1. The molecule has 3 aromatic rings. The normalized spacial score (nSPS) is 17.4. The van der Waals surface area contributed by atoms with Gasteiger partial charge in [0.05, 0.1) is 29.3 Å². The van der Waals surface area contributed by atoms with Gasteiger partial charge in [0.2, 0.25) is 9.84 Å². The minimum absolute atomic E-state index is 0.180. The van der Waals surface area contributed by atoms with Crippen LogP contribution in [0.1, 0.15) is 84.0 Å². The largest absolute Gasteiger partial charge is 0.494 e. The Labute approximate surface area is 302 Å². The number of benzene rings is 2. The lowest BCUT2D eigenvalue weighted by Crippen LogP contribution is -2.53. The summed E-state index contributed by atoms with van der Waals surface area (Å²) >= 11 is 0. The van der Waals surface area contributed by atoms with E-state index in [1.54, 1.807) is 36.6 Å². The SMILES string of the molecule is CCCCCCCCCCCCOc1ccc(S(=O)(=O)c2cnc3ccc(S(C)=O)cc3c2N2CCC(N3CCN(CCO)CC3)CC2)cc1. The number of aliphatic hydroxyl groups excluding tert-OH is 1. The lowest BCUT2D eigenvalue weighted by atomic mass is 10.0. The van der Waals surface area contributed by atoms with Crippen molar-refractivity contribution >= 4 is 37.2 Å². The van der Waals surface area contributed by atoms with Gasteiger partial charge in [0.25, 0.3) is 0 Å². The third kappa shape index (κ3) is 10.3. The highest BCUT2D eigenvalue weighted by Crippen LogP contribution is 2.38. The predicted molar refractivity (Wildman–Crippen MR) is 204 cm³/mol. The zero-order valence-electron chi connectivity index (χ0n) is 30.2. The second-order valence-corrected chi connectivity index (χ2v) is 17.2. The van der Waals surface area contributed by atoms with Gasteiger partial charge in [-0.25, -0.2) is 8.42 Å². The highest BCUT2D eigenvalue weighted by atomic mass is 32.2. The summed E-state index contributed by atoms with van der Waals surface area (Å²) in [5, 5.41) is 10.0. The molecule has 2 aromatic carbocycles. The number of anilines is 1. The van der Waals surface area contributed by atoms with E-state index in [9.17, 15) is 17.7 Å². The highest BCUT2D eigenvalue weighted by Gasteiger charge is 2.32. The Kier molecular flexibility index (Phi) is 14.9. The Hall–Kier alpha value is -2.57. The van der Waals surface area contributed by atoms with Gasteiger partial charge in [-0.2, -0.15) is 0 Å². The van der Waals surface area contributed by atoms with Gasteiger partial charge in [-0.3, -0.25) is 19.0 Å². The number of aromatic nitrogens is 1. The standard InChI is InChI=1S/C39H58N4O5S2/c1-3-4-5-6-7-8-9-10-11-12-29-48-33-13-16-35(17-14-33)50(46,47)38-31-40-37-18-15-34(49(2)45)30-36(37)39(38)43-21-19-32(20-22-43)42-25-23-41(24-26-42)27-28-44/h13-18,30-32,44H,3-12,19-29H2,1-2H3. The van der Waals surface area contributed by atoms with Crippen molar-refractivity contribution < 1.29 is 22.5 Å². The fourth-order valence-electron chi connectivity index (χ4n) is 7.41. The maximum absolute atomic E-state index is 14.3. The monoisotopic (exact) mass is 726 g/mol. The number of sulfone groups is 1. The third-order valence-electron chi connectivity index (χ3n) is 10.4. The highest BCUT2D eigenvalue weighted by molar-refractivity contribution is 7.91. The summed E-state index contributed by atoms with van der Waals surface area (Å²) in [5.74, 6) is 0.672. The number of unbranched alkanes of at least 4 members (excludes halogenated alkanes) is 9. The third-order valence-corrected chi connectivity index (χ3v) is 13.1. The van der Waals surface area contributed by atoms with E-state index in [1.165, 1.54) is 57.6 Å². The molecule has 1 atom stereocenters. The molecule has 1 aromatic heterocycles. The number of hydrogen-bond acceptors (Lipinski definition) is 9. The number of rotatable bonds is 19. The quantitative estimate of drug-likeness (QED) is 0.136. The van der Waals surface area contributed by atoms with Gasteiger partial charge in [0.1, 0.15) is 10.6 Å². The van der Waals surface area contributed by atoms with Gasteiger partial charge in [-0.15, -0.1) is 0 Å². The number of hydrogen-bond donors (Lipinski definition) is 1. The molecule has 50 heavy (non-hydrogen) atoms. The zero-order chi connectivity index (χ0) is 35.3. The number of β-amino-alcohol motifs (C(OH)–C–C–N with tert-alkyl or cyclic N) is 1. The molecule has 0 radical (unpaired) electrons. The molecule has 0 amide bonds. The Morgan fingerprint density at radius 1 is 0.860 bits per heavy atom. The van der Waals surface area contributed by atoms with Crippen LogP contribution in [0.25, 0.3) is 10.9 Å². The van der Waals surface area contributed by atoms with Crippen molar-refractivity contribution in [3.8, 4) is 5.75 Å². The van der Waals surface area contributed by atoms with E-state index in [4.69, 9.17) is 4.74 Å². The van der Waals surface area contributed by atoms with Gasteiger partial charge in [0, 0.05) is 85.4 Å². The summed E-state index contributed by atoms with van der Waals surface area (Å²) in [6.45, 7) is 9.09. The van der Waals surface area contributed by atoms with Crippen LogP contribution in [0.4, 0.5) is 5.69 Å². The summed E-state index contributed by atoms with van der Waals surface area (Å²) in [4.78, 5) is 12.7. The molecule has 0 spiro atoms. The van der Waals surface area contributed by atoms with Crippen LogP contribution in [0.15, 0.2) is 63.3 Å².